The highest BCUT2D eigenvalue weighted by molar-refractivity contribution is 5.97. The number of benzene rings is 3. The molecule has 0 saturated carbocycles. The van der Waals surface area contributed by atoms with Gasteiger partial charge >= 0.3 is 0 Å². The SMILES string of the molecule is O=C(c1ccccc1)N1CCN(CC(=O)N2c3ccccc3OC[C@H]2c2ccccc2)CC1. The first kappa shape index (κ1) is 21.2. The van der Waals surface area contributed by atoms with E-state index in [1.54, 1.807) is 0 Å². The molecule has 2 aliphatic heterocycles. The van der Waals surface area contributed by atoms with Crippen molar-refractivity contribution in [2.75, 3.05) is 44.2 Å². The summed E-state index contributed by atoms with van der Waals surface area (Å²) in [6.45, 7) is 3.31. The van der Waals surface area contributed by atoms with Crippen molar-refractivity contribution >= 4 is 17.5 Å². The van der Waals surface area contributed by atoms with Gasteiger partial charge in [-0.05, 0) is 29.8 Å². The summed E-state index contributed by atoms with van der Waals surface area (Å²) in [7, 11) is 0. The van der Waals surface area contributed by atoms with Crippen molar-refractivity contribution in [3.8, 4) is 5.75 Å². The molecule has 0 radical (unpaired) electrons. The third-order valence-corrected chi connectivity index (χ3v) is 6.33. The average molecular weight is 442 g/mol. The molecule has 2 aliphatic rings. The molecular weight excluding hydrogens is 414 g/mol. The van der Waals surface area contributed by atoms with E-state index in [1.807, 2.05) is 94.7 Å². The molecule has 6 heteroatoms. The Hall–Kier alpha value is -3.64. The summed E-state index contributed by atoms with van der Waals surface area (Å²) in [5, 5.41) is 0. The largest absolute Gasteiger partial charge is 0.489 e. The summed E-state index contributed by atoms with van der Waals surface area (Å²) in [6, 6.07) is 26.9. The monoisotopic (exact) mass is 441 g/mol. The standard InChI is InChI=1S/C27H27N3O3/c31-26(19-28-15-17-29(18-16-28)27(32)22-11-5-2-6-12-22)30-23-13-7-8-14-25(23)33-20-24(30)21-9-3-1-4-10-21/h1-14,24H,15-20H2/t24-/m0/s1. The van der Waals surface area contributed by atoms with E-state index >= 15 is 0 Å². The maximum atomic E-state index is 13.6. The van der Waals surface area contributed by atoms with Gasteiger partial charge in [-0.3, -0.25) is 19.4 Å². The minimum atomic E-state index is -0.172. The quantitative estimate of drug-likeness (QED) is 0.621. The molecule has 2 heterocycles. The maximum Gasteiger partial charge on any atom is 0.253 e. The number of nitrogens with zero attached hydrogens (tertiary/aromatic N) is 3. The van der Waals surface area contributed by atoms with Crippen molar-refractivity contribution in [2.24, 2.45) is 0 Å². The maximum absolute atomic E-state index is 13.6. The van der Waals surface area contributed by atoms with Crippen molar-refractivity contribution in [1.82, 2.24) is 9.80 Å². The first-order valence-corrected chi connectivity index (χ1v) is 11.4. The predicted molar refractivity (Wildman–Crippen MR) is 127 cm³/mol. The van der Waals surface area contributed by atoms with Gasteiger partial charge in [-0.15, -0.1) is 0 Å². The van der Waals surface area contributed by atoms with Crippen LogP contribution in [0.2, 0.25) is 0 Å². The van der Waals surface area contributed by atoms with E-state index in [0.29, 0.717) is 44.9 Å². The Morgan fingerprint density at radius 3 is 2.15 bits per heavy atom. The zero-order valence-corrected chi connectivity index (χ0v) is 18.5. The van der Waals surface area contributed by atoms with Gasteiger partial charge < -0.3 is 9.64 Å². The first-order chi connectivity index (χ1) is 16.2. The molecular formula is C27H27N3O3. The average Bonchev–Trinajstić information content (AvgIpc) is 2.89. The molecule has 168 valence electrons. The molecule has 0 aliphatic carbocycles. The molecule has 3 aromatic rings. The van der Waals surface area contributed by atoms with Crippen LogP contribution in [0.5, 0.6) is 5.75 Å². The predicted octanol–water partition coefficient (Wildman–Crippen LogP) is 3.61. The summed E-state index contributed by atoms with van der Waals surface area (Å²) in [6.07, 6.45) is 0. The van der Waals surface area contributed by atoms with Gasteiger partial charge in [0.15, 0.2) is 0 Å². The van der Waals surface area contributed by atoms with E-state index in [4.69, 9.17) is 4.74 Å². The third kappa shape index (κ3) is 4.47. The highest BCUT2D eigenvalue weighted by Crippen LogP contribution is 2.39. The number of rotatable bonds is 4. The second-order valence-corrected chi connectivity index (χ2v) is 8.40. The van der Waals surface area contributed by atoms with Crippen LogP contribution in [0.25, 0.3) is 0 Å². The summed E-state index contributed by atoms with van der Waals surface area (Å²) >= 11 is 0. The van der Waals surface area contributed by atoms with E-state index in [2.05, 4.69) is 4.90 Å². The van der Waals surface area contributed by atoms with Gasteiger partial charge in [0.2, 0.25) is 5.91 Å². The lowest BCUT2D eigenvalue weighted by atomic mass is 10.0. The number of amides is 2. The lowest BCUT2D eigenvalue weighted by Crippen LogP contribution is -2.52. The van der Waals surface area contributed by atoms with Gasteiger partial charge in [0.25, 0.3) is 5.91 Å². The Kier molecular flexibility index (Phi) is 6.09. The number of hydrogen-bond donors (Lipinski definition) is 0. The van der Waals surface area contributed by atoms with Gasteiger partial charge in [-0.1, -0.05) is 60.7 Å². The molecule has 0 unspecified atom stereocenters. The number of ether oxygens (including phenoxy) is 1. The molecule has 33 heavy (non-hydrogen) atoms. The lowest BCUT2D eigenvalue weighted by molar-refractivity contribution is -0.121. The van der Waals surface area contributed by atoms with E-state index in [9.17, 15) is 9.59 Å². The fourth-order valence-electron chi connectivity index (χ4n) is 4.56. The van der Waals surface area contributed by atoms with Gasteiger partial charge in [-0.2, -0.15) is 0 Å². The van der Waals surface area contributed by atoms with Gasteiger partial charge in [-0.25, -0.2) is 0 Å². The van der Waals surface area contributed by atoms with Crippen LogP contribution in [-0.4, -0.2) is 60.9 Å². The molecule has 1 fully saturated rings. The van der Waals surface area contributed by atoms with E-state index in [1.165, 1.54) is 0 Å². The summed E-state index contributed by atoms with van der Waals surface area (Å²) in [5.74, 6) is 0.826. The van der Waals surface area contributed by atoms with Crippen molar-refractivity contribution < 1.29 is 14.3 Å². The third-order valence-electron chi connectivity index (χ3n) is 6.33. The van der Waals surface area contributed by atoms with Crippen LogP contribution in [0.15, 0.2) is 84.9 Å². The van der Waals surface area contributed by atoms with Crippen LogP contribution in [-0.2, 0) is 4.79 Å². The molecule has 0 N–H and O–H groups in total. The fraction of sp³-hybridized carbons (Fsp3) is 0.259. The Morgan fingerprint density at radius 1 is 0.788 bits per heavy atom. The number of fused-ring (bicyclic) bond motifs is 1. The highest BCUT2D eigenvalue weighted by Gasteiger charge is 2.34. The number of carbonyl (C=O) groups excluding carboxylic acids is 2. The molecule has 3 aromatic carbocycles. The topological polar surface area (TPSA) is 53.1 Å². The molecule has 1 atom stereocenters. The zero-order valence-electron chi connectivity index (χ0n) is 18.5. The smallest absolute Gasteiger partial charge is 0.253 e. The molecule has 0 bridgehead atoms. The minimum absolute atomic E-state index is 0.0439. The molecule has 5 rings (SSSR count). The van der Waals surface area contributed by atoms with Crippen LogP contribution in [0.4, 0.5) is 5.69 Å². The van der Waals surface area contributed by atoms with Crippen molar-refractivity contribution in [3.63, 3.8) is 0 Å². The molecule has 6 nitrogen and oxygen atoms in total. The number of hydrogen-bond acceptors (Lipinski definition) is 4. The lowest BCUT2D eigenvalue weighted by Gasteiger charge is -2.39. The molecule has 0 spiro atoms. The van der Waals surface area contributed by atoms with Crippen molar-refractivity contribution in [1.29, 1.82) is 0 Å². The normalized spacial score (nSPS) is 18.4. The van der Waals surface area contributed by atoms with Crippen LogP contribution < -0.4 is 9.64 Å². The molecule has 1 saturated heterocycles. The van der Waals surface area contributed by atoms with Crippen LogP contribution in [0, 0.1) is 0 Å². The Morgan fingerprint density at radius 2 is 1.42 bits per heavy atom. The Balaban J connectivity index is 1.29. The van der Waals surface area contributed by atoms with Gasteiger partial charge in [0.1, 0.15) is 12.4 Å². The van der Waals surface area contributed by atoms with Gasteiger partial charge in [0.05, 0.1) is 18.3 Å². The number of piperazine rings is 1. The minimum Gasteiger partial charge on any atom is -0.489 e. The van der Waals surface area contributed by atoms with Crippen LogP contribution >= 0.6 is 0 Å². The number of carbonyl (C=O) groups is 2. The van der Waals surface area contributed by atoms with E-state index in [-0.39, 0.29) is 17.9 Å². The van der Waals surface area contributed by atoms with Crippen molar-refractivity contribution in [2.45, 2.75) is 6.04 Å². The van der Waals surface area contributed by atoms with E-state index in [0.717, 1.165) is 17.0 Å². The second kappa shape index (κ2) is 9.46. The first-order valence-electron chi connectivity index (χ1n) is 11.4. The molecule has 0 aromatic heterocycles. The summed E-state index contributed by atoms with van der Waals surface area (Å²) < 4.78 is 5.99. The van der Waals surface area contributed by atoms with Gasteiger partial charge in [0, 0.05) is 31.7 Å². The number of anilines is 1. The summed E-state index contributed by atoms with van der Waals surface area (Å²) in [4.78, 5) is 32.2. The van der Waals surface area contributed by atoms with Crippen LogP contribution in [0.3, 0.4) is 0 Å². The molecule has 2 amide bonds. The van der Waals surface area contributed by atoms with E-state index < -0.39 is 0 Å². The summed E-state index contributed by atoms with van der Waals surface area (Å²) in [5.41, 5.74) is 2.57. The second-order valence-electron chi connectivity index (χ2n) is 8.40. The zero-order chi connectivity index (χ0) is 22.6. The Labute approximate surface area is 194 Å². The Bertz CT molecular complexity index is 1110. The van der Waals surface area contributed by atoms with Crippen LogP contribution in [0.1, 0.15) is 22.0 Å². The van der Waals surface area contributed by atoms with Crippen molar-refractivity contribution in [3.05, 3.63) is 96.1 Å². The number of para-hydroxylation sites is 2. The highest BCUT2D eigenvalue weighted by atomic mass is 16.5. The fourth-order valence-corrected chi connectivity index (χ4v) is 4.56.